The van der Waals surface area contributed by atoms with Crippen molar-refractivity contribution >= 4 is 35.0 Å². The number of rotatable bonds is 9. The van der Waals surface area contributed by atoms with Crippen LogP contribution in [0.4, 0.5) is 10.5 Å². The number of allylic oxidation sites excluding steroid dienone is 1. The lowest BCUT2D eigenvalue weighted by Gasteiger charge is -2.58. The highest BCUT2D eigenvalue weighted by Crippen LogP contribution is 2.67. The van der Waals surface area contributed by atoms with Crippen LogP contribution in [-0.2, 0) is 19.1 Å². The summed E-state index contributed by atoms with van der Waals surface area (Å²) >= 11 is 0. The van der Waals surface area contributed by atoms with E-state index in [-0.39, 0.29) is 22.8 Å². The molecule has 344 valence electrons. The number of nitrogens with zero attached hydrogens (tertiary/aromatic N) is 1. The van der Waals surface area contributed by atoms with Crippen LogP contribution in [0.25, 0.3) is 5.76 Å². The number of Topliss-reactive ketones (excluding diaryl/α,β-unsaturated/α-hetero) is 2. The highest BCUT2D eigenvalue weighted by Gasteiger charge is 2.68. The third-order valence-electron chi connectivity index (χ3n) is 17.9. The Morgan fingerprint density at radius 1 is 1.00 bits per heavy atom. The number of ether oxygens (including phenoxy) is 1. The molecular weight excluding hydrogens is 803 g/mol. The number of likely N-dealkylation sites (N-methyl/N-ethyl adjacent to an activating group) is 1. The number of ketones is 2. The molecule has 1 aromatic carbocycles. The molecular formula is C50H69N3O10. The van der Waals surface area contributed by atoms with Gasteiger partial charge in [0, 0.05) is 17.9 Å². The van der Waals surface area contributed by atoms with Crippen molar-refractivity contribution in [2.24, 2.45) is 63.9 Å². The molecule has 0 radical (unpaired) electrons. The number of aliphatic hydroxyl groups excluding tert-OH is 3. The number of nitrogens with two attached hydrogens (primary N) is 1. The number of nitrogens with one attached hydrogen (secondary N) is 1. The molecule has 63 heavy (non-hydrogen) atoms. The van der Waals surface area contributed by atoms with E-state index in [2.05, 4.69) is 46.0 Å². The molecule has 0 saturated heterocycles. The molecule has 8 N–H and O–H groups in total. The Hall–Kier alpha value is -4.20. The van der Waals surface area contributed by atoms with E-state index in [4.69, 9.17) is 10.5 Å². The molecule has 0 spiro atoms. The van der Waals surface area contributed by atoms with Crippen molar-refractivity contribution < 1.29 is 49.4 Å². The van der Waals surface area contributed by atoms with Gasteiger partial charge in [-0.1, -0.05) is 78.5 Å². The summed E-state index contributed by atoms with van der Waals surface area (Å²) in [4.78, 5) is 55.1. The third kappa shape index (κ3) is 6.79. The lowest BCUT2D eigenvalue weighted by atomic mass is 9.47. The molecule has 2 amide bonds. The Labute approximate surface area is 371 Å². The largest absolute Gasteiger partial charge is 0.508 e. The molecule has 13 heteroatoms. The lowest BCUT2D eigenvalue weighted by Crippen LogP contribution is -2.70. The van der Waals surface area contributed by atoms with Gasteiger partial charge in [0.25, 0.3) is 5.91 Å². The first kappa shape index (κ1) is 45.4. The predicted octanol–water partition coefficient (Wildman–Crippen LogP) is 7.45. The lowest BCUT2D eigenvalue weighted by molar-refractivity contribution is -0.169. The Morgan fingerprint density at radius 3 is 2.38 bits per heavy atom. The number of amides is 2. The van der Waals surface area contributed by atoms with Crippen LogP contribution in [0.5, 0.6) is 5.75 Å². The minimum atomic E-state index is -3.02. The average Bonchev–Trinajstić information content (AvgIpc) is 3.57. The molecule has 0 heterocycles. The van der Waals surface area contributed by atoms with Crippen LogP contribution in [0.2, 0.25) is 0 Å². The van der Waals surface area contributed by atoms with Crippen LogP contribution in [0.15, 0.2) is 40.7 Å². The Bertz CT molecular complexity index is 2190. The SMILES string of the molecule is CC(C)CCC[C@@H](C)[C@H]1CCC2C3CC=C4CC(OC(=O)Nc5ccc6c(c5O)C(O)=C5C(=O)[C@]7(O)C(O)=C(C(N)=O)C(=O)[C@@H](N(C)C)C7[C@@H](O)C5[C@H]6C)CC[C@]4(C)C3CC[C@@]21C. The molecule has 6 unspecified atom stereocenters. The predicted molar refractivity (Wildman–Crippen MR) is 237 cm³/mol. The van der Waals surface area contributed by atoms with Crippen molar-refractivity contribution in [1.82, 2.24) is 4.90 Å². The van der Waals surface area contributed by atoms with Gasteiger partial charge < -0.3 is 36.0 Å². The summed E-state index contributed by atoms with van der Waals surface area (Å²) in [7, 11) is 2.92. The highest BCUT2D eigenvalue weighted by atomic mass is 16.6. The number of carbonyl (C=O) groups excluding carboxylic acids is 4. The highest BCUT2D eigenvalue weighted by molar-refractivity contribution is 6.24. The van der Waals surface area contributed by atoms with E-state index in [1.807, 2.05) is 0 Å². The van der Waals surface area contributed by atoms with Crippen LogP contribution in [0.1, 0.15) is 129 Å². The summed E-state index contributed by atoms with van der Waals surface area (Å²) in [5.41, 5.74) is 2.78. The molecule has 0 bridgehead atoms. The normalized spacial score (nSPS) is 38.8. The second-order valence-corrected chi connectivity index (χ2v) is 21.7. The Morgan fingerprint density at radius 2 is 1.71 bits per heavy atom. The van der Waals surface area contributed by atoms with Crippen molar-refractivity contribution in [3.05, 3.63) is 51.8 Å². The van der Waals surface area contributed by atoms with E-state index >= 15 is 0 Å². The number of hydrogen-bond donors (Lipinski definition) is 7. The molecule has 7 aliphatic carbocycles. The van der Waals surface area contributed by atoms with E-state index in [1.54, 1.807) is 13.0 Å². The van der Waals surface area contributed by atoms with Crippen molar-refractivity contribution in [3.8, 4) is 5.75 Å². The Balaban J connectivity index is 0.985. The fourth-order valence-corrected chi connectivity index (χ4v) is 14.8. The first-order chi connectivity index (χ1) is 29.6. The van der Waals surface area contributed by atoms with Crippen molar-refractivity contribution in [2.75, 3.05) is 19.4 Å². The molecule has 1 aromatic rings. The zero-order valence-electron chi connectivity index (χ0n) is 38.2. The summed E-state index contributed by atoms with van der Waals surface area (Å²) < 4.78 is 6.01. The molecule has 8 rings (SSSR count). The van der Waals surface area contributed by atoms with Crippen LogP contribution in [0, 0.1) is 58.2 Å². The summed E-state index contributed by atoms with van der Waals surface area (Å²) in [5, 5.41) is 61.2. The standard InChI is InChI=1S/C50H69N3O10/c1-23(2)10-9-11-24(3)30-15-16-31-29-13-12-26-22-27(18-20-48(26,5)32(29)19-21-49(30,31)6)63-47(61)52-33-17-14-28-25(4)34-36(41(55)35(28)40(33)54)44(58)50(62)38(42(34)56)39(53(7)8)43(57)37(45(50)59)46(51)60/h12,14,17,23-25,27,29-32,34,38-39,42,54-56,59,62H,9-11,13,15-16,18-22H2,1-8H3,(H2,51,60)(H,52,61)/t24-,25+,27?,29?,30-,31?,32?,34?,38?,39+,42+,48+,49-,50+/m1/s1. The van der Waals surface area contributed by atoms with E-state index in [0.717, 1.165) is 36.5 Å². The number of benzene rings is 1. The van der Waals surface area contributed by atoms with Crippen LogP contribution < -0.4 is 11.1 Å². The minimum absolute atomic E-state index is 0.0592. The minimum Gasteiger partial charge on any atom is -0.508 e. The molecule has 13 nitrogen and oxygen atoms in total. The Kier molecular flexibility index (Phi) is 11.6. The van der Waals surface area contributed by atoms with Gasteiger partial charge in [0.15, 0.2) is 11.4 Å². The van der Waals surface area contributed by atoms with Gasteiger partial charge in [0.1, 0.15) is 28.9 Å². The maximum Gasteiger partial charge on any atom is 0.412 e. The zero-order valence-corrected chi connectivity index (χ0v) is 38.2. The maximum atomic E-state index is 14.4. The number of hydrogen-bond acceptors (Lipinski definition) is 11. The summed E-state index contributed by atoms with van der Waals surface area (Å²) in [5.74, 6) is -5.55. The number of aliphatic hydroxyl groups is 4. The molecule has 4 fully saturated rings. The van der Waals surface area contributed by atoms with Crippen LogP contribution >= 0.6 is 0 Å². The van der Waals surface area contributed by atoms with Gasteiger partial charge in [-0.25, -0.2) is 4.79 Å². The number of carbonyl (C=O) groups is 4. The van der Waals surface area contributed by atoms with Crippen molar-refractivity contribution in [3.63, 3.8) is 0 Å². The number of primary amides is 1. The van der Waals surface area contributed by atoms with Gasteiger partial charge >= 0.3 is 6.09 Å². The first-order valence-corrected chi connectivity index (χ1v) is 23.4. The molecule has 14 atom stereocenters. The van der Waals surface area contributed by atoms with E-state index in [1.165, 1.54) is 75.6 Å². The summed E-state index contributed by atoms with van der Waals surface area (Å²) in [6.45, 7) is 13.8. The molecule has 4 saturated carbocycles. The molecule has 7 aliphatic rings. The number of phenolic OH excluding ortho intramolecular Hbond substituents is 1. The van der Waals surface area contributed by atoms with Gasteiger partial charge in [0.2, 0.25) is 5.78 Å². The van der Waals surface area contributed by atoms with E-state index in [0.29, 0.717) is 35.7 Å². The molecule has 0 aromatic heterocycles. The number of anilines is 1. The van der Waals surface area contributed by atoms with Crippen LogP contribution in [0.3, 0.4) is 0 Å². The monoisotopic (exact) mass is 871 g/mol. The van der Waals surface area contributed by atoms with Crippen molar-refractivity contribution in [2.45, 2.75) is 142 Å². The van der Waals surface area contributed by atoms with E-state index < -0.39 is 87.5 Å². The second kappa shape index (κ2) is 16.0. The van der Waals surface area contributed by atoms with Gasteiger partial charge in [-0.3, -0.25) is 24.6 Å². The number of phenols is 1. The van der Waals surface area contributed by atoms with Gasteiger partial charge in [-0.05, 0) is 123 Å². The fourth-order valence-electron chi connectivity index (χ4n) is 14.8. The van der Waals surface area contributed by atoms with Gasteiger partial charge in [-0.2, -0.15) is 0 Å². The number of aromatic hydroxyl groups is 1. The molecule has 0 aliphatic heterocycles. The zero-order chi connectivity index (χ0) is 45.8. The number of fused-ring (bicyclic) bond motifs is 8. The topological polar surface area (TPSA) is 220 Å². The van der Waals surface area contributed by atoms with Crippen LogP contribution in [-0.4, -0.2) is 91.9 Å². The smallest absolute Gasteiger partial charge is 0.412 e. The third-order valence-corrected chi connectivity index (χ3v) is 17.9. The quantitative estimate of drug-likeness (QED) is 0.0734. The first-order valence-electron chi connectivity index (χ1n) is 23.4. The maximum absolute atomic E-state index is 14.4. The van der Waals surface area contributed by atoms with E-state index in [9.17, 15) is 44.7 Å². The fraction of sp³-hybridized carbons (Fsp3) is 0.680. The summed E-state index contributed by atoms with van der Waals surface area (Å²) in [6, 6.07) is 1.57. The summed E-state index contributed by atoms with van der Waals surface area (Å²) in [6.07, 6.45) is 12.1. The van der Waals surface area contributed by atoms with Gasteiger partial charge in [0.05, 0.1) is 29.3 Å². The second-order valence-electron chi connectivity index (χ2n) is 21.7. The van der Waals surface area contributed by atoms with Gasteiger partial charge in [-0.15, -0.1) is 0 Å². The average molecular weight is 872 g/mol. The van der Waals surface area contributed by atoms with Crippen molar-refractivity contribution in [1.29, 1.82) is 0 Å².